The zero-order chi connectivity index (χ0) is 23.3. The maximum Gasteiger partial charge on any atom is 0.343 e. The Kier molecular flexibility index (Phi) is 7.21. The van der Waals surface area contributed by atoms with Crippen molar-refractivity contribution in [2.75, 3.05) is 41.7 Å². The van der Waals surface area contributed by atoms with Crippen LogP contribution in [0.1, 0.15) is 26.5 Å². The van der Waals surface area contributed by atoms with E-state index in [1.807, 2.05) is 0 Å². The molecular formula is C23H24O9. The fourth-order valence-corrected chi connectivity index (χ4v) is 3.17. The van der Waals surface area contributed by atoms with Gasteiger partial charge >= 0.3 is 11.9 Å². The summed E-state index contributed by atoms with van der Waals surface area (Å²) in [6.45, 7) is 2.05. The summed E-state index contributed by atoms with van der Waals surface area (Å²) in [5.74, 6) is 0.429. The molecule has 1 aromatic heterocycles. The van der Waals surface area contributed by atoms with Crippen molar-refractivity contribution in [3.63, 3.8) is 0 Å². The van der Waals surface area contributed by atoms with Crippen LogP contribution in [0.5, 0.6) is 23.0 Å². The highest BCUT2D eigenvalue weighted by molar-refractivity contribution is 6.05. The van der Waals surface area contributed by atoms with E-state index in [1.165, 1.54) is 40.6 Å². The number of furan rings is 1. The van der Waals surface area contributed by atoms with Gasteiger partial charge in [-0.3, -0.25) is 0 Å². The van der Waals surface area contributed by atoms with Gasteiger partial charge in [-0.05, 0) is 37.3 Å². The first kappa shape index (κ1) is 23.0. The lowest BCUT2D eigenvalue weighted by atomic mass is 10.1. The van der Waals surface area contributed by atoms with Crippen molar-refractivity contribution in [2.45, 2.75) is 6.92 Å². The number of fused-ring (bicyclic) bond motifs is 1. The smallest absolute Gasteiger partial charge is 0.343 e. The van der Waals surface area contributed by atoms with Crippen LogP contribution in [0.4, 0.5) is 0 Å². The van der Waals surface area contributed by atoms with E-state index in [0.29, 0.717) is 34.0 Å². The molecule has 0 aliphatic carbocycles. The topological polar surface area (TPSA) is 103 Å². The van der Waals surface area contributed by atoms with E-state index >= 15 is 0 Å². The molecule has 3 aromatic rings. The highest BCUT2D eigenvalue weighted by Crippen LogP contribution is 2.38. The monoisotopic (exact) mass is 444 g/mol. The molecule has 9 nitrogen and oxygen atoms in total. The molecule has 0 N–H and O–H groups in total. The summed E-state index contributed by atoms with van der Waals surface area (Å²) in [6.07, 6.45) is 0. The molecule has 0 saturated heterocycles. The Morgan fingerprint density at radius 1 is 0.875 bits per heavy atom. The number of aryl methyl sites for hydroxylation is 1. The summed E-state index contributed by atoms with van der Waals surface area (Å²) in [5.41, 5.74) is 0.928. The lowest BCUT2D eigenvalue weighted by molar-refractivity contribution is 0.0388. The van der Waals surface area contributed by atoms with E-state index in [1.54, 1.807) is 25.1 Å². The first-order chi connectivity index (χ1) is 15.4. The van der Waals surface area contributed by atoms with Crippen LogP contribution in [-0.4, -0.2) is 53.6 Å². The van der Waals surface area contributed by atoms with Crippen molar-refractivity contribution in [1.29, 1.82) is 0 Å². The Labute approximate surface area is 184 Å². The van der Waals surface area contributed by atoms with Gasteiger partial charge in [0.15, 0.2) is 11.5 Å². The van der Waals surface area contributed by atoms with E-state index < -0.39 is 11.9 Å². The molecule has 0 bridgehead atoms. The molecule has 0 saturated carbocycles. The molecule has 0 aliphatic rings. The quantitative estimate of drug-likeness (QED) is 0.277. The van der Waals surface area contributed by atoms with Gasteiger partial charge in [-0.2, -0.15) is 0 Å². The van der Waals surface area contributed by atoms with Crippen molar-refractivity contribution in [2.24, 2.45) is 0 Å². The Morgan fingerprint density at radius 2 is 1.56 bits per heavy atom. The summed E-state index contributed by atoms with van der Waals surface area (Å²) in [7, 11) is 5.89. The van der Waals surface area contributed by atoms with Crippen LogP contribution in [0.15, 0.2) is 34.7 Å². The third-order valence-electron chi connectivity index (χ3n) is 4.67. The van der Waals surface area contributed by atoms with Crippen LogP contribution in [0.3, 0.4) is 0 Å². The average Bonchev–Trinajstić information content (AvgIpc) is 3.12. The van der Waals surface area contributed by atoms with Gasteiger partial charge in [-0.1, -0.05) is 0 Å². The fraction of sp³-hybridized carbons (Fsp3) is 0.304. The fourth-order valence-electron chi connectivity index (χ4n) is 3.17. The Hall–Kier alpha value is -3.72. The number of carbonyl (C=O) groups excluding carboxylic acids is 2. The second-order valence-electron chi connectivity index (χ2n) is 6.62. The number of methoxy groups -OCH3 is 4. The van der Waals surface area contributed by atoms with Gasteiger partial charge in [0.05, 0.1) is 33.5 Å². The van der Waals surface area contributed by atoms with Crippen molar-refractivity contribution in [3.8, 4) is 23.0 Å². The van der Waals surface area contributed by atoms with Crippen LogP contribution in [0, 0.1) is 6.92 Å². The Bertz CT molecular complexity index is 1100. The van der Waals surface area contributed by atoms with Gasteiger partial charge in [-0.25, -0.2) is 9.59 Å². The summed E-state index contributed by atoms with van der Waals surface area (Å²) < 4.78 is 37.1. The number of hydrogen-bond acceptors (Lipinski definition) is 9. The number of esters is 2. The number of ether oxygens (including phenoxy) is 6. The number of benzene rings is 2. The Morgan fingerprint density at radius 3 is 2.16 bits per heavy atom. The number of hydrogen-bond donors (Lipinski definition) is 0. The predicted molar refractivity (Wildman–Crippen MR) is 114 cm³/mol. The molecule has 0 fully saturated rings. The summed E-state index contributed by atoms with van der Waals surface area (Å²) in [5, 5.41) is 0.472. The molecule has 170 valence electrons. The standard InChI is InChI=1S/C23H24O9/c1-13-20(23(25)30-9-8-26-2)16-12-15(6-7-17(16)31-13)32-22(24)14-10-18(27-3)21(29-5)19(11-14)28-4/h6-7,10-12H,8-9H2,1-5H3. The minimum atomic E-state index is -0.645. The van der Waals surface area contributed by atoms with E-state index in [0.717, 1.165) is 0 Å². The van der Waals surface area contributed by atoms with Crippen molar-refractivity contribution >= 4 is 22.9 Å². The second kappa shape index (κ2) is 10.1. The summed E-state index contributed by atoms with van der Waals surface area (Å²) >= 11 is 0. The molecule has 0 unspecified atom stereocenters. The highest BCUT2D eigenvalue weighted by atomic mass is 16.6. The summed E-state index contributed by atoms with van der Waals surface area (Å²) in [6, 6.07) is 7.72. The molecule has 3 rings (SSSR count). The maximum atomic E-state index is 12.8. The van der Waals surface area contributed by atoms with Crippen molar-refractivity contribution in [3.05, 3.63) is 47.2 Å². The van der Waals surface area contributed by atoms with Crippen LogP contribution in [0.25, 0.3) is 11.0 Å². The lowest BCUT2D eigenvalue weighted by Gasteiger charge is -2.13. The minimum absolute atomic E-state index is 0.108. The average molecular weight is 444 g/mol. The first-order valence-corrected chi connectivity index (χ1v) is 9.64. The summed E-state index contributed by atoms with van der Waals surface area (Å²) in [4.78, 5) is 25.3. The van der Waals surface area contributed by atoms with Crippen LogP contribution >= 0.6 is 0 Å². The first-order valence-electron chi connectivity index (χ1n) is 9.64. The molecule has 0 aliphatic heterocycles. The maximum absolute atomic E-state index is 12.8. The van der Waals surface area contributed by atoms with Crippen LogP contribution < -0.4 is 18.9 Å². The largest absolute Gasteiger partial charge is 0.493 e. The molecule has 0 radical (unpaired) electrons. The number of carbonyl (C=O) groups is 2. The van der Waals surface area contributed by atoms with Gasteiger partial charge < -0.3 is 32.8 Å². The van der Waals surface area contributed by atoms with Gasteiger partial charge in [0.1, 0.15) is 29.3 Å². The predicted octanol–water partition coefficient (Wildman–Crippen LogP) is 3.79. The van der Waals surface area contributed by atoms with Gasteiger partial charge in [-0.15, -0.1) is 0 Å². The van der Waals surface area contributed by atoms with E-state index in [-0.39, 0.29) is 30.1 Å². The second-order valence-corrected chi connectivity index (χ2v) is 6.62. The normalized spacial score (nSPS) is 10.7. The SMILES string of the molecule is COCCOC(=O)c1c(C)oc2ccc(OC(=O)c3cc(OC)c(OC)c(OC)c3)cc12. The molecule has 1 heterocycles. The van der Waals surface area contributed by atoms with Gasteiger partial charge in [0.2, 0.25) is 5.75 Å². The molecule has 32 heavy (non-hydrogen) atoms. The molecule has 2 aromatic carbocycles. The third-order valence-corrected chi connectivity index (χ3v) is 4.67. The van der Waals surface area contributed by atoms with Crippen molar-refractivity contribution in [1.82, 2.24) is 0 Å². The minimum Gasteiger partial charge on any atom is -0.493 e. The van der Waals surface area contributed by atoms with Gasteiger partial charge in [0, 0.05) is 12.5 Å². The van der Waals surface area contributed by atoms with E-state index in [4.69, 9.17) is 32.8 Å². The van der Waals surface area contributed by atoms with Crippen LogP contribution in [-0.2, 0) is 9.47 Å². The molecule has 0 spiro atoms. The van der Waals surface area contributed by atoms with Crippen LogP contribution in [0.2, 0.25) is 0 Å². The van der Waals surface area contributed by atoms with E-state index in [9.17, 15) is 9.59 Å². The molecular weight excluding hydrogens is 420 g/mol. The zero-order valence-electron chi connectivity index (χ0n) is 18.5. The molecule has 0 amide bonds. The third kappa shape index (κ3) is 4.62. The van der Waals surface area contributed by atoms with Gasteiger partial charge in [0.25, 0.3) is 0 Å². The molecule has 9 heteroatoms. The van der Waals surface area contributed by atoms with E-state index in [2.05, 4.69) is 0 Å². The number of rotatable bonds is 9. The van der Waals surface area contributed by atoms with Crippen molar-refractivity contribution < 1.29 is 42.4 Å². The Balaban J connectivity index is 1.90. The highest BCUT2D eigenvalue weighted by Gasteiger charge is 2.22. The zero-order valence-corrected chi connectivity index (χ0v) is 18.5. The molecule has 0 atom stereocenters. The lowest BCUT2D eigenvalue weighted by Crippen LogP contribution is -2.11.